The lowest BCUT2D eigenvalue weighted by Gasteiger charge is -2.28. The number of benzene rings is 10. The molecule has 328 valence electrons. The van der Waals surface area contributed by atoms with E-state index in [1.807, 2.05) is 12.1 Å². The fourth-order valence-electron chi connectivity index (χ4n) is 11.9. The minimum Gasteiger partial charge on any atom is -0.455 e. The third-order valence-electron chi connectivity index (χ3n) is 15.5. The minimum atomic E-state index is -0.165. The Labute approximate surface area is 401 Å². The van der Waals surface area contributed by atoms with Gasteiger partial charge in [0.05, 0.1) is 0 Å². The Bertz CT molecular complexity index is 4090. The zero-order valence-corrected chi connectivity index (χ0v) is 39.0. The van der Waals surface area contributed by atoms with Crippen molar-refractivity contribution in [2.45, 2.75) is 38.5 Å². The van der Waals surface area contributed by atoms with E-state index in [0.717, 1.165) is 77.6 Å². The molecule has 2 aromatic heterocycles. The van der Waals surface area contributed by atoms with Crippen LogP contribution in [0.2, 0.25) is 0 Å². The van der Waals surface area contributed by atoms with Crippen LogP contribution in [0.1, 0.15) is 49.9 Å². The van der Waals surface area contributed by atoms with Gasteiger partial charge in [-0.3, -0.25) is 0 Å². The molecule has 2 heterocycles. The van der Waals surface area contributed by atoms with Gasteiger partial charge in [-0.15, -0.1) is 0 Å². The van der Waals surface area contributed by atoms with Crippen LogP contribution in [0.25, 0.3) is 99.5 Å². The van der Waals surface area contributed by atoms with Crippen molar-refractivity contribution in [3.63, 3.8) is 0 Å². The molecule has 0 radical (unpaired) electrons. The zero-order valence-electron chi connectivity index (χ0n) is 39.0. The summed E-state index contributed by atoms with van der Waals surface area (Å²) in [5.74, 6) is 0. The lowest BCUT2D eigenvalue weighted by Crippen LogP contribution is -2.16. The molecule has 3 heteroatoms. The van der Waals surface area contributed by atoms with Crippen molar-refractivity contribution in [2.24, 2.45) is 0 Å². The van der Waals surface area contributed by atoms with Crippen molar-refractivity contribution in [3.05, 3.63) is 235 Å². The highest BCUT2D eigenvalue weighted by molar-refractivity contribution is 6.11. The fraction of sp³-hybridized carbons (Fsp3) is 0.0909. The Morgan fingerprint density at radius 3 is 1.48 bits per heavy atom. The van der Waals surface area contributed by atoms with Crippen LogP contribution in [0.3, 0.4) is 0 Å². The molecule has 12 aromatic rings. The molecule has 69 heavy (non-hydrogen) atoms. The van der Waals surface area contributed by atoms with Crippen molar-refractivity contribution in [1.82, 2.24) is 0 Å². The van der Waals surface area contributed by atoms with E-state index in [-0.39, 0.29) is 10.8 Å². The van der Waals surface area contributed by atoms with Gasteiger partial charge in [0.15, 0.2) is 0 Å². The zero-order chi connectivity index (χ0) is 46.2. The van der Waals surface area contributed by atoms with Crippen LogP contribution in [-0.4, -0.2) is 0 Å². The lowest BCUT2D eigenvalue weighted by atomic mass is 9.81. The molecule has 2 aliphatic rings. The highest BCUT2D eigenvalue weighted by Crippen LogP contribution is 2.53. The average Bonchev–Trinajstić information content (AvgIpc) is 4.09. The van der Waals surface area contributed by atoms with Crippen LogP contribution in [0, 0.1) is 0 Å². The molecule has 0 spiro atoms. The largest absolute Gasteiger partial charge is 0.455 e. The molecule has 0 saturated carbocycles. The van der Waals surface area contributed by atoms with E-state index in [9.17, 15) is 0 Å². The lowest BCUT2D eigenvalue weighted by molar-refractivity contribution is 0.660. The first kappa shape index (κ1) is 39.7. The number of hydrogen-bond donors (Lipinski definition) is 0. The Kier molecular flexibility index (Phi) is 8.38. The van der Waals surface area contributed by atoms with Gasteiger partial charge in [0, 0.05) is 60.6 Å². The molecule has 0 bridgehead atoms. The maximum atomic E-state index is 6.56. The molecular weight excluding hydrogens is 839 g/mol. The monoisotopic (exact) mass is 885 g/mol. The van der Waals surface area contributed by atoms with Crippen LogP contribution < -0.4 is 4.90 Å². The molecule has 0 saturated heterocycles. The van der Waals surface area contributed by atoms with E-state index in [4.69, 9.17) is 8.83 Å². The minimum absolute atomic E-state index is 0.138. The second-order valence-corrected chi connectivity index (χ2v) is 20.0. The fourth-order valence-corrected chi connectivity index (χ4v) is 11.9. The second kappa shape index (κ2) is 14.6. The summed E-state index contributed by atoms with van der Waals surface area (Å²) in [6.07, 6.45) is 0. The Balaban J connectivity index is 0.856. The van der Waals surface area contributed by atoms with Gasteiger partial charge in [0.1, 0.15) is 22.3 Å². The molecule has 0 fully saturated rings. The third kappa shape index (κ3) is 5.87. The summed E-state index contributed by atoms with van der Waals surface area (Å²) in [7, 11) is 0. The van der Waals surface area contributed by atoms with E-state index in [1.54, 1.807) is 0 Å². The third-order valence-corrected chi connectivity index (χ3v) is 15.5. The van der Waals surface area contributed by atoms with Gasteiger partial charge in [-0.25, -0.2) is 0 Å². The molecule has 0 atom stereocenters. The Morgan fingerprint density at radius 1 is 0.290 bits per heavy atom. The van der Waals surface area contributed by atoms with Crippen molar-refractivity contribution in [1.29, 1.82) is 0 Å². The topological polar surface area (TPSA) is 29.5 Å². The average molecular weight is 886 g/mol. The number of anilines is 3. The highest BCUT2D eigenvalue weighted by atomic mass is 16.3. The molecule has 14 rings (SSSR count). The molecule has 0 aliphatic heterocycles. The second-order valence-electron chi connectivity index (χ2n) is 20.0. The number of hydrogen-bond acceptors (Lipinski definition) is 3. The summed E-state index contributed by atoms with van der Waals surface area (Å²) in [4.78, 5) is 2.41. The standard InChI is InChI=1S/C66H47NO2/c1-65(2)57-23-8-5-16-49(57)50-34-32-46(39-60(50)65)67(45-15-11-14-42(36-45)47-19-12-21-54-52-17-6-9-24-61(52)68-63(47)54)44-30-26-40(27-31-44)41-29-35-58-56(37-41)51-33-28-43(38-59(51)66(58,3)4)48-20-13-22-55-53-18-7-10-25-62(53)69-64(48)55/h5-39H,1-4H3. The first-order valence-electron chi connectivity index (χ1n) is 24.1. The van der Waals surface area contributed by atoms with Crippen LogP contribution in [0.4, 0.5) is 17.1 Å². The van der Waals surface area contributed by atoms with Crippen molar-refractivity contribution < 1.29 is 8.83 Å². The number of furan rings is 2. The number of para-hydroxylation sites is 4. The van der Waals surface area contributed by atoms with Crippen LogP contribution >= 0.6 is 0 Å². The molecule has 0 amide bonds. The summed E-state index contributed by atoms with van der Waals surface area (Å²) in [6, 6.07) is 77.6. The smallest absolute Gasteiger partial charge is 0.143 e. The van der Waals surface area contributed by atoms with E-state index in [2.05, 4.69) is 233 Å². The maximum absolute atomic E-state index is 6.56. The first-order chi connectivity index (χ1) is 33.7. The van der Waals surface area contributed by atoms with Gasteiger partial charge in [0.25, 0.3) is 0 Å². The summed E-state index contributed by atoms with van der Waals surface area (Å²) >= 11 is 0. The van der Waals surface area contributed by atoms with Gasteiger partial charge in [-0.2, -0.15) is 0 Å². The predicted molar refractivity (Wildman–Crippen MR) is 287 cm³/mol. The molecule has 2 aliphatic carbocycles. The van der Waals surface area contributed by atoms with Gasteiger partial charge >= 0.3 is 0 Å². The van der Waals surface area contributed by atoms with Crippen molar-refractivity contribution >= 4 is 60.9 Å². The van der Waals surface area contributed by atoms with E-state index in [1.165, 1.54) is 61.2 Å². The van der Waals surface area contributed by atoms with Gasteiger partial charge in [0.2, 0.25) is 0 Å². The van der Waals surface area contributed by atoms with Gasteiger partial charge in [-0.05, 0) is 127 Å². The SMILES string of the molecule is CC1(C)c2ccc(-c3ccc(N(c4cccc(-c5cccc6c5oc5ccccc56)c4)c4ccc5c(c4)C(C)(C)c4ccccc4-5)cc3)cc2-c2ccc(-c3cccc4c3oc3ccccc34)cc21. The number of rotatable bonds is 6. The normalized spacial score (nSPS) is 14.0. The number of fused-ring (bicyclic) bond motifs is 12. The Morgan fingerprint density at radius 2 is 0.768 bits per heavy atom. The molecule has 0 N–H and O–H groups in total. The van der Waals surface area contributed by atoms with E-state index in [0.29, 0.717) is 0 Å². The summed E-state index contributed by atoms with van der Waals surface area (Å²) in [5.41, 5.74) is 24.1. The summed E-state index contributed by atoms with van der Waals surface area (Å²) < 4.78 is 13.0. The van der Waals surface area contributed by atoms with Crippen LogP contribution in [-0.2, 0) is 10.8 Å². The van der Waals surface area contributed by atoms with E-state index >= 15 is 0 Å². The van der Waals surface area contributed by atoms with Gasteiger partial charge in [-0.1, -0.05) is 179 Å². The van der Waals surface area contributed by atoms with Crippen molar-refractivity contribution in [3.8, 4) is 55.6 Å². The van der Waals surface area contributed by atoms with Gasteiger partial charge < -0.3 is 13.7 Å². The number of nitrogens with zero attached hydrogens (tertiary/aromatic N) is 1. The molecule has 3 nitrogen and oxygen atoms in total. The Hall–Kier alpha value is -8.40. The van der Waals surface area contributed by atoms with Crippen molar-refractivity contribution in [2.75, 3.05) is 4.90 Å². The predicted octanol–water partition coefficient (Wildman–Crippen LogP) is 18.6. The molecule has 0 unspecified atom stereocenters. The van der Waals surface area contributed by atoms with Crippen LogP contribution in [0.15, 0.2) is 221 Å². The highest BCUT2D eigenvalue weighted by Gasteiger charge is 2.37. The maximum Gasteiger partial charge on any atom is 0.143 e. The van der Waals surface area contributed by atoms with Crippen LogP contribution in [0.5, 0.6) is 0 Å². The quantitative estimate of drug-likeness (QED) is 0.167. The summed E-state index contributed by atoms with van der Waals surface area (Å²) in [5, 5.41) is 4.56. The summed E-state index contributed by atoms with van der Waals surface area (Å²) in [6.45, 7) is 9.42. The first-order valence-corrected chi connectivity index (χ1v) is 24.1. The molecular formula is C66H47NO2. The molecule has 10 aromatic carbocycles. The van der Waals surface area contributed by atoms with E-state index < -0.39 is 0 Å².